The van der Waals surface area contributed by atoms with Crippen LogP contribution in [0.25, 0.3) is 0 Å². The van der Waals surface area contributed by atoms with Crippen LogP contribution in [-0.4, -0.2) is 20.4 Å². The molecule has 0 spiro atoms. The van der Waals surface area contributed by atoms with E-state index in [1.807, 2.05) is 54.6 Å². The van der Waals surface area contributed by atoms with E-state index in [4.69, 9.17) is 0 Å². The Bertz CT molecular complexity index is 1440. The van der Waals surface area contributed by atoms with Crippen molar-refractivity contribution in [1.29, 1.82) is 0 Å². The van der Waals surface area contributed by atoms with E-state index in [0.717, 1.165) is 17.5 Å². The molecule has 0 saturated heterocycles. The van der Waals surface area contributed by atoms with E-state index in [9.17, 15) is 20.4 Å². The van der Waals surface area contributed by atoms with Crippen LogP contribution in [0.3, 0.4) is 0 Å². The molecule has 4 heteroatoms. The van der Waals surface area contributed by atoms with E-state index >= 15 is 0 Å². The van der Waals surface area contributed by atoms with Crippen molar-refractivity contribution < 1.29 is 20.4 Å². The predicted octanol–water partition coefficient (Wildman–Crippen LogP) is 8.85. The molecule has 5 aromatic rings. The molecule has 0 aromatic heterocycles. The second-order valence-electron chi connectivity index (χ2n) is 11.0. The van der Waals surface area contributed by atoms with Crippen LogP contribution in [-0.2, 0) is 5.41 Å². The highest BCUT2D eigenvalue weighted by Gasteiger charge is 2.22. The summed E-state index contributed by atoms with van der Waals surface area (Å²) in [6.45, 7) is 6.55. The molecule has 41 heavy (non-hydrogen) atoms. The van der Waals surface area contributed by atoms with E-state index < -0.39 is 0 Å². The number of hydrogen-bond acceptors (Lipinski definition) is 4. The summed E-state index contributed by atoms with van der Waals surface area (Å²) in [5.41, 5.74) is 5.86. The molecule has 5 aromatic carbocycles. The maximum absolute atomic E-state index is 9.57. The third-order valence-corrected chi connectivity index (χ3v) is 7.73. The Morgan fingerprint density at radius 3 is 1.22 bits per heavy atom. The van der Waals surface area contributed by atoms with Gasteiger partial charge >= 0.3 is 0 Å². The Labute approximate surface area is 242 Å². The van der Waals surface area contributed by atoms with E-state index in [-0.39, 0.29) is 34.5 Å². The quantitative estimate of drug-likeness (QED) is 0.164. The Hall–Kier alpha value is -4.70. The molecular formula is C37H38O4. The van der Waals surface area contributed by atoms with Crippen molar-refractivity contribution in [1.82, 2.24) is 0 Å². The third kappa shape index (κ3) is 7.70. The minimum atomic E-state index is -0.0328. The van der Waals surface area contributed by atoms with Crippen LogP contribution in [0.1, 0.15) is 66.8 Å². The van der Waals surface area contributed by atoms with Gasteiger partial charge in [0.05, 0.1) is 0 Å². The Kier molecular flexibility index (Phi) is 9.36. The van der Waals surface area contributed by atoms with Gasteiger partial charge in [0, 0.05) is 11.3 Å². The highest BCUT2D eigenvalue weighted by Crippen LogP contribution is 2.36. The van der Waals surface area contributed by atoms with E-state index in [1.165, 1.54) is 16.7 Å². The van der Waals surface area contributed by atoms with Gasteiger partial charge in [-0.2, -0.15) is 0 Å². The summed E-state index contributed by atoms with van der Waals surface area (Å²) in [6.07, 6.45) is 0.875. The lowest BCUT2D eigenvalue weighted by atomic mass is 9.78. The smallest absolute Gasteiger partial charge is 0.115 e. The first-order chi connectivity index (χ1) is 19.6. The van der Waals surface area contributed by atoms with Crippen molar-refractivity contribution in [2.75, 3.05) is 0 Å². The molecule has 0 amide bonds. The summed E-state index contributed by atoms with van der Waals surface area (Å²) >= 11 is 0. The second kappa shape index (κ2) is 13.1. The van der Waals surface area contributed by atoms with Gasteiger partial charge < -0.3 is 20.4 Å². The third-order valence-electron chi connectivity index (χ3n) is 7.73. The summed E-state index contributed by atoms with van der Waals surface area (Å²) < 4.78 is 0. The van der Waals surface area contributed by atoms with Crippen LogP contribution < -0.4 is 0 Å². The summed E-state index contributed by atoms with van der Waals surface area (Å²) in [7, 11) is 0. The van der Waals surface area contributed by atoms with Gasteiger partial charge in [0.15, 0.2) is 0 Å². The first-order valence-corrected chi connectivity index (χ1v) is 13.9. The highest BCUT2D eigenvalue weighted by molar-refractivity contribution is 5.40. The van der Waals surface area contributed by atoms with Crippen LogP contribution in [0.5, 0.6) is 23.0 Å². The summed E-state index contributed by atoms with van der Waals surface area (Å²) in [6, 6.07) is 39.7. The Morgan fingerprint density at radius 2 is 0.805 bits per heavy atom. The molecule has 0 aliphatic heterocycles. The number of phenols is 4. The Balaban J connectivity index is 0.000000208. The van der Waals surface area contributed by atoms with Gasteiger partial charge in [0.2, 0.25) is 0 Å². The summed E-state index contributed by atoms with van der Waals surface area (Å²) in [4.78, 5) is 0. The average molecular weight is 547 g/mol. The zero-order valence-electron chi connectivity index (χ0n) is 23.8. The standard InChI is InChI=1S/C22H22O3.C15H16O/c1-15(16-2-8-19(23)9-3-16)14-22(17-4-10-20(24)11-5-17)18-6-12-21(25)13-7-18;1-15(2,12-6-4-3-5-7-12)13-8-10-14(16)11-9-13/h2-13,15,22-25H,14H2,1H3;3-11,16H,1-2H3. The highest BCUT2D eigenvalue weighted by atomic mass is 16.3. The first-order valence-electron chi connectivity index (χ1n) is 13.9. The minimum absolute atomic E-state index is 0.0328. The molecule has 0 radical (unpaired) electrons. The van der Waals surface area contributed by atoms with Crippen molar-refractivity contribution in [3.05, 3.63) is 155 Å². The molecule has 1 unspecified atom stereocenters. The number of phenolic OH excluding ortho intramolecular Hbond substituents is 4. The fraction of sp³-hybridized carbons (Fsp3) is 0.189. The fourth-order valence-electron chi connectivity index (χ4n) is 5.07. The molecule has 0 aliphatic carbocycles. The number of hydrogen-bond donors (Lipinski definition) is 4. The van der Waals surface area contributed by atoms with E-state index in [1.54, 1.807) is 48.5 Å². The van der Waals surface area contributed by atoms with Gasteiger partial charge in [-0.25, -0.2) is 0 Å². The van der Waals surface area contributed by atoms with Gasteiger partial charge in [-0.05, 0) is 88.7 Å². The monoisotopic (exact) mass is 546 g/mol. The van der Waals surface area contributed by atoms with Crippen LogP contribution in [0.2, 0.25) is 0 Å². The maximum Gasteiger partial charge on any atom is 0.115 e. The van der Waals surface area contributed by atoms with E-state index in [2.05, 4.69) is 45.0 Å². The lowest BCUT2D eigenvalue weighted by molar-refractivity contribution is 0.473. The topological polar surface area (TPSA) is 80.9 Å². The number of rotatable bonds is 7. The minimum Gasteiger partial charge on any atom is -0.508 e. The SMILES string of the molecule is CC(C)(c1ccccc1)c1ccc(O)cc1.CC(CC(c1ccc(O)cc1)c1ccc(O)cc1)c1ccc(O)cc1. The molecule has 4 nitrogen and oxygen atoms in total. The molecule has 0 bridgehead atoms. The molecule has 210 valence electrons. The van der Waals surface area contributed by atoms with Gasteiger partial charge in [0.25, 0.3) is 0 Å². The lowest BCUT2D eigenvalue weighted by Gasteiger charge is -2.26. The molecule has 1 atom stereocenters. The van der Waals surface area contributed by atoms with Crippen LogP contribution in [0.4, 0.5) is 0 Å². The largest absolute Gasteiger partial charge is 0.508 e. The van der Waals surface area contributed by atoms with Gasteiger partial charge in [-0.3, -0.25) is 0 Å². The maximum atomic E-state index is 9.57. The first kappa shape index (κ1) is 29.3. The van der Waals surface area contributed by atoms with Crippen molar-refractivity contribution in [3.63, 3.8) is 0 Å². The van der Waals surface area contributed by atoms with Crippen molar-refractivity contribution >= 4 is 0 Å². The fourth-order valence-corrected chi connectivity index (χ4v) is 5.07. The molecular weight excluding hydrogens is 508 g/mol. The molecule has 0 heterocycles. The van der Waals surface area contributed by atoms with Crippen molar-refractivity contribution in [2.45, 2.75) is 44.4 Å². The second-order valence-corrected chi connectivity index (χ2v) is 11.0. The molecule has 4 N–H and O–H groups in total. The summed E-state index contributed by atoms with van der Waals surface area (Å²) in [5, 5.41) is 37.9. The van der Waals surface area contributed by atoms with Crippen LogP contribution in [0, 0.1) is 0 Å². The predicted molar refractivity (Wildman–Crippen MR) is 166 cm³/mol. The van der Waals surface area contributed by atoms with Crippen molar-refractivity contribution in [2.24, 2.45) is 0 Å². The number of aromatic hydroxyl groups is 4. The van der Waals surface area contributed by atoms with Gasteiger partial charge in [-0.1, -0.05) is 99.6 Å². The molecule has 0 saturated carbocycles. The average Bonchev–Trinajstić information content (AvgIpc) is 2.98. The lowest BCUT2D eigenvalue weighted by Crippen LogP contribution is -2.18. The molecule has 0 aliphatic rings. The van der Waals surface area contributed by atoms with Gasteiger partial charge in [0.1, 0.15) is 23.0 Å². The normalized spacial score (nSPS) is 11.9. The zero-order valence-corrected chi connectivity index (χ0v) is 23.8. The Morgan fingerprint density at radius 1 is 0.463 bits per heavy atom. The molecule has 5 rings (SSSR count). The van der Waals surface area contributed by atoms with Crippen LogP contribution in [0.15, 0.2) is 127 Å². The number of benzene rings is 5. The van der Waals surface area contributed by atoms with Crippen LogP contribution >= 0.6 is 0 Å². The van der Waals surface area contributed by atoms with E-state index in [0.29, 0.717) is 5.75 Å². The molecule has 0 fully saturated rings. The van der Waals surface area contributed by atoms with Crippen molar-refractivity contribution in [3.8, 4) is 23.0 Å². The van der Waals surface area contributed by atoms with Gasteiger partial charge in [-0.15, -0.1) is 0 Å². The summed E-state index contributed by atoms with van der Waals surface area (Å²) in [5.74, 6) is 1.51. The zero-order chi connectivity index (χ0) is 29.4.